The van der Waals surface area contributed by atoms with E-state index in [-0.39, 0.29) is 11.8 Å². The zero-order valence-corrected chi connectivity index (χ0v) is 17.0. The minimum Gasteiger partial charge on any atom is -0.481 e. The van der Waals surface area contributed by atoms with Gasteiger partial charge in [-0.25, -0.2) is 0 Å². The van der Waals surface area contributed by atoms with E-state index >= 15 is 0 Å². The van der Waals surface area contributed by atoms with Crippen LogP contribution in [0.3, 0.4) is 0 Å². The predicted molar refractivity (Wildman–Crippen MR) is 113 cm³/mol. The van der Waals surface area contributed by atoms with Crippen LogP contribution in [0.15, 0.2) is 59.9 Å². The Hall–Kier alpha value is -3.48. The van der Waals surface area contributed by atoms with Crippen molar-refractivity contribution >= 4 is 23.5 Å². The van der Waals surface area contributed by atoms with E-state index < -0.39 is 17.8 Å². The summed E-state index contributed by atoms with van der Waals surface area (Å²) in [6, 6.07) is 10.2. The number of anilines is 1. The molecule has 0 spiro atoms. The molecule has 1 aromatic carbocycles. The number of nitrogens with one attached hydrogen (secondary N) is 2. The molecule has 1 aliphatic carbocycles. The smallest absolute Gasteiger partial charge is 0.307 e. The Morgan fingerprint density at radius 1 is 1.03 bits per heavy atom. The predicted octanol–water partition coefficient (Wildman–Crippen LogP) is 3.40. The summed E-state index contributed by atoms with van der Waals surface area (Å²) in [6.45, 7) is 4.22. The zero-order valence-electron chi connectivity index (χ0n) is 17.0. The van der Waals surface area contributed by atoms with Crippen molar-refractivity contribution in [2.24, 2.45) is 11.8 Å². The number of carboxylic acids is 1. The number of carboxylic acid groups (broad SMARTS) is 1. The lowest BCUT2D eigenvalue weighted by molar-refractivity contribution is -0.146. The van der Waals surface area contributed by atoms with Gasteiger partial charge in [-0.05, 0) is 62.6 Å². The van der Waals surface area contributed by atoms with Gasteiger partial charge in [0.15, 0.2) is 0 Å². The molecule has 7 heteroatoms. The third kappa shape index (κ3) is 5.11. The standard InChI is InChI=1S/C23H25N3O4/c1-14-10-19(20(23(29)30)11-15(14)2)22(28)26-18-7-5-17(6-8-18)21(27)25-13-16-4-3-9-24-12-16/h3-9,12,19-20H,10-11,13H2,1-2H3,(H,25,27)(H,26,28)(H,29,30)/t19-,20-/m0/s1. The number of hydrogen-bond donors (Lipinski definition) is 3. The van der Waals surface area contributed by atoms with Gasteiger partial charge in [0.1, 0.15) is 0 Å². The van der Waals surface area contributed by atoms with Gasteiger partial charge >= 0.3 is 5.97 Å². The number of allylic oxidation sites excluding steroid dienone is 2. The third-order valence-corrected chi connectivity index (χ3v) is 5.51. The SMILES string of the molecule is CC1=C(C)C[C@H](C(=O)Nc2ccc(C(=O)NCc3cccnc3)cc2)[C@@H](C(=O)O)C1. The highest BCUT2D eigenvalue weighted by Crippen LogP contribution is 2.35. The Balaban J connectivity index is 1.61. The Morgan fingerprint density at radius 2 is 1.70 bits per heavy atom. The van der Waals surface area contributed by atoms with Crippen LogP contribution in [0.25, 0.3) is 0 Å². The van der Waals surface area contributed by atoms with Crippen LogP contribution in [-0.4, -0.2) is 27.9 Å². The summed E-state index contributed by atoms with van der Waals surface area (Å²) >= 11 is 0. The molecular weight excluding hydrogens is 382 g/mol. The first-order chi connectivity index (χ1) is 14.3. The van der Waals surface area contributed by atoms with E-state index in [1.807, 2.05) is 19.9 Å². The fourth-order valence-electron chi connectivity index (χ4n) is 3.55. The Labute approximate surface area is 175 Å². The number of aliphatic carboxylic acids is 1. The van der Waals surface area contributed by atoms with Gasteiger partial charge in [-0.2, -0.15) is 0 Å². The maximum atomic E-state index is 12.7. The molecule has 3 N–H and O–H groups in total. The molecule has 2 atom stereocenters. The van der Waals surface area contributed by atoms with Crippen LogP contribution in [0.5, 0.6) is 0 Å². The fourth-order valence-corrected chi connectivity index (χ4v) is 3.55. The summed E-state index contributed by atoms with van der Waals surface area (Å²) in [5.74, 6) is -2.85. The molecular formula is C23H25N3O4. The van der Waals surface area contributed by atoms with E-state index in [0.29, 0.717) is 30.6 Å². The molecule has 0 unspecified atom stereocenters. The van der Waals surface area contributed by atoms with Crippen molar-refractivity contribution in [1.82, 2.24) is 10.3 Å². The van der Waals surface area contributed by atoms with Gasteiger partial charge in [0, 0.05) is 30.2 Å². The molecule has 0 saturated heterocycles. The van der Waals surface area contributed by atoms with Crippen molar-refractivity contribution in [2.45, 2.75) is 33.2 Å². The third-order valence-electron chi connectivity index (χ3n) is 5.51. The van der Waals surface area contributed by atoms with Crippen LogP contribution < -0.4 is 10.6 Å². The van der Waals surface area contributed by atoms with Crippen LogP contribution in [0, 0.1) is 11.8 Å². The van der Waals surface area contributed by atoms with Gasteiger partial charge < -0.3 is 15.7 Å². The van der Waals surface area contributed by atoms with E-state index in [4.69, 9.17) is 0 Å². The quantitative estimate of drug-likeness (QED) is 0.636. The highest BCUT2D eigenvalue weighted by Gasteiger charge is 2.37. The lowest BCUT2D eigenvalue weighted by Gasteiger charge is -2.29. The monoisotopic (exact) mass is 407 g/mol. The number of benzene rings is 1. The second-order valence-electron chi connectivity index (χ2n) is 7.63. The molecule has 0 saturated carbocycles. The largest absolute Gasteiger partial charge is 0.481 e. The van der Waals surface area contributed by atoms with Gasteiger partial charge in [0.2, 0.25) is 5.91 Å². The summed E-state index contributed by atoms with van der Waals surface area (Å²) < 4.78 is 0. The van der Waals surface area contributed by atoms with Gasteiger partial charge in [-0.1, -0.05) is 17.2 Å². The molecule has 7 nitrogen and oxygen atoms in total. The molecule has 2 aromatic rings. The first kappa shape index (κ1) is 21.2. The summed E-state index contributed by atoms with van der Waals surface area (Å²) in [4.78, 5) is 40.6. The summed E-state index contributed by atoms with van der Waals surface area (Å²) in [7, 11) is 0. The average molecular weight is 407 g/mol. The Kier molecular flexibility index (Phi) is 6.61. The average Bonchev–Trinajstić information content (AvgIpc) is 2.74. The Bertz CT molecular complexity index is 968. The van der Waals surface area contributed by atoms with Crippen LogP contribution in [0.1, 0.15) is 42.6 Å². The number of carbonyl (C=O) groups excluding carboxylic acids is 2. The number of nitrogens with zero attached hydrogens (tertiary/aromatic N) is 1. The molecule has 0 aliphatic heterocycles. The van der Waals surface area contributed by atoms with E-state index in [1.54, 1.807) is 42.7 Å². The number of carbonyl (C=O) groups is 3. The number of pyridine rings is 1. The highest BCUT2D eigenvalue weighted by atomic mass is 16.4. The molecule has 3 rings (SSSR count). The second-order valence-corrected chi connectivity index (χ2v) is 7.63. The molecule has 2 amide bonds. The van der Waals surface area contributed by atoms with Crippen LogP contribution in [-0.2, 0) is 16.1 Å². The maximum Gasteiger partial charge on any atom is 0.307 e. The van der Waals surface area contributed by atoms with E-state index in [9.17, 15) is 19.5 Å². The van der Waals surface area contributed by atoms with Crippen molar-refractivity contribution in [3.05, 3.63) is 71.1 Å². The molecule has 30 heavy (non-hydrogen) atoms. The van der Waals surface area contributed by atoms with Crippen molar-refractivity contribution in [3.63, 3.8) is 0 Å². The van der Waals surface area contributed by atoms with Gasteiger partial charge in [0.05, 0.1) is 11.8 Å². The molecule has 0 fully saturated rings. The van der Waals surface area contributed by atoms with Gasteiger partial charge in [0.25, 0.3) is 5.91 Å². The first-order valence-electron chi connectivity index (χ1n) is 9.81. The number of hydrogen-bond acceptors (Lipinski definition) is 4. The van der Waals surface area contributed by atoms with Crippen LogP contribution in [0.2, 0.25) is 0 Å². The van der Waals surface area contributed by atoms with E-state index in [0.717, 1.165) is 16.7 Å². The molecule has 1 heterocycles. The summed E-state index contributed by atoms with van der Waals surface area (Å²) in [6.07, 6.45) is 4.18. The molecule has 0 bridgehead atoms. The maximum absolute atomic E-state index is 12.7. The van der Waals surface area contributed by atoms with Crippen LogP contribution in [0.4, 0.5) is 5.69 Å². The zero-order chi connectivity index (χ0) is 21.7. The van der Waals surface area contributed by atoms with Crippen molar-refractivity contribution in [2.75, 3.05) is 5.32 Å². The van der Waals surface area contributed by atoms with E-state index in [2.05, 4.69) is 15.6 Å². The van der Waals surface area contributed by atoms with Crippen molar-refractivity contribution < 1.29 is 19.5 Å². The number of aromatic nitrogens is 1. The highest BCUT2D eigenvalue weighted by molar-refractivity contribution is 5.97. The minimum atomic E-state index is -0.956. The van der Waals surface area contributed by atoms with Gasteiger partial charge in [-0.15, -0.1) is 0 Å². The lowest BCUT2D eigenvalue weighted by Crippen LogP contribution is -2.36. The topological polar surface area (TPSA) is 108 Å². The molecule has 156 valence electrons. The van der Waals surface area contributed by atoms with Crippen molar-refractivity contribution in [1.29, 1.82) is 0 Å². The summed E-state index contributed by atoms with van der Waals surface area (Å²) in [5, 5.41) is 15.1. The Morgan fingerprint density at radius 3 is 2.30 bits per heavy atom. The molecule has 1 aromatic heterocycles. The lowest BCUT2D eigenvalue weighted by atomic mass is 9.76. The normalized spacial score (nSPS) is 18.6. The second kappa shape index (κ2) is 9.35. The first-order valence-corrected chi connectivity index (χ1v) is 9.81. The number of amides is 2. The molecule has 1 aliphatic rings. The number of rotatable bonds is 6. The van der Waals surface area contributed by atoms with E-state index in [1.165, 1.54) is 0 Å². The van der Waals surface area contributed by atoms with Crippen molar-refractivity contribution in [3.8, 4) is 0 Å². The van der Waals surface area contributed by atoms with Gasteiger partial charge in [-0.3, -0.25) is 19.4 Å². The summed E-state index contributed by atoms with van der Waals surface area (Å²) in [5.41, 5.74) is 3.99. The van der Waals surface area contributed by atoms with Crippen LogP contribution >= 0.6 is 0 Å². The fraction of sp³-hybridized carbons (Fsp3) is 0.304. The minimum absolute atomic E-state index is 0.230. The molecule has 0 radical (unpaired) electrons.